The number of hydrogen-bond acceptors (Lipinski definition) is 4. The molecule has 2 aromatic rings. The van der Waals surface area contributed by atoms with E-state index < -0.39 is 6.04 Å². The number of nitrogens with zero attached hydrogens (tertiary/aromatic N) is 1. The van der Waals surface area contributed by atoms with Crippen molar-refractivity contribution in [1.29, 1.82) is 0 Å². The molecular weight excluding hydrogens is 332 g/mol. The lowest BCUT2D eigenvalue weighted by Gasteiger charge is -2.17. The summed E-state index contributed by atoms with van der Waals surface area (Å²) in [5, 5.41) is 3.20. The Morgan fingerprint density at radius 3 is 2.75 bits per heavy atom. The van der Waals surface area contributed by atoms with Gasteiger partial charge in [-0.05, 0) is 44.2 Å². The van der Waals surface area contributed by atoms with Gasteiger partial charge in [-0.1, -0.05) is 11.6 Å². The van der Waals surface area contributed by atoms with Gasteiger partial charge in [0, 0.05) is 11.2 Å². The first-order chi connectivity index (χ1) is 11.5. The molecule has 1 aromatic carbocycles. The molecule has 0 saturated heterocycles. The highest BCUT2D eigenvalue weighted by molar-refractivity contribution is 6.31. The summed E-state index contributed by atoms with van der Waals surface area (Å²) in [4.78, 5) is 24.9. The second-order valence-electron chi connectivity index (χ2n) is 5.03. The van der Waals surface area contributed by atoms with Gasteiger partial charge in [-0.2, -0.15) is 0 Å². The van der Waals surface area contributed by atoms with Crippen molar-refractivity contribution in [2.24, 2.45) is 0 Å². The molecule has 6 nitrogen and oxygen atoms in total. The number of methoxy groups -OCH3 is 1. The highest BCUT2D eigenvalue weighted by Crippen LogP contribution is 2.28. The van der Waals surface area contributed by atoms with Gasteiger partial charge in [-0.25, -0.2) is 0 Å². The summed E-state index contributed by atoms with van der Waals surface area (Å²) in [5.74, 6) is 0.321. The van der Waals surface area contributed by atoms with E-state index in [1.807, 2.05) is 0 Å². The zero-order valence-electron chi connectivity index (χ0n) is 13.7. The van der Waals surface area contributed by atoms with Crippen LogP contribution in [0.15, 0.2) is 41.3 Å². The third kappa shape index (κ3) is 3.89. The van der Waals surface area contributed by atoms with E-state index in [4.69, 9.17) is 21.1 Å². The van der Waals surface area contributed by atoms with Gasteiger partial charge in [0.25, 0.3) is 5.56 Å². The fourth-order valence-electron chi connectivity index (χ4n) is 2.20. The molecule has 0 aliphatic carbocycles. The van der Waals surface area contributed by atoms with E-state index in [9.17, 15) is 9.59 Å². The summed E-state index contributed by atoms with van der Waals surface area (Å²) < 4.78 is 11.8. The fraction of sp³-hybridized carbons (Fsp3) is 0.294. The Balaban J connectivity index is 2.26. The number of nitrogens with one attached hydrogen (secondary N) is 1. The van der Waals surface area contributed by atoms with Gasteiger partial charge in [-0.15, -0.1) is 0 Å². The number of benzene rings is 1. The number of hydrogen-bond donors (Lipinski definition) is 1. The Morgan fingerprint density at radius 2 is 2.08 bits per heavy atom. The highest BCUT2D eigenvalue weighted by Gasteiger charge is 2.19. The van der Waals surface area contributed by atoms with Crippen LogP contribution in [-0.2, 0) is 4.79 Å². The number of rotatable bonds is 6. The van der Waals surface area contributed by atoms with E-state index in [0.29, 0.717) is 23.1 Å². The molecule has 1 unspecified atom stereocenters. The Morgan fingerprint density at radius 1 is 1.33 bits per heavy atom. The number of pyridine rings is 1. The van der Waals surface area contributed by atoms with Gasteiger partial charge in [0.1, 0.15) is 11.8 Å². The van der Waals surface area contributed by atoms with Crippen LogP contribution in [-0.4, -0.2) is 24.2 Å². The molecule has 0 bridgehead atoms. The van der Waals surface area contributed by atoms with Gasteiger partial charge >= 0.3 is 0 Å². The number of amides is 1. The average molecular weight is 351 g/mol. The molecule has 0 saturated carbocycles. The van der Waals surface area contributed by atoms with Crippen LogP contribution in [0.3, 0.4) is 0 Å². The Hall–Kier alpha value is -2.47. The van der Waals surface area contributed by atoms with Crippen LogP contribution in [0.25, 0.3) is 0 Å². The van der Waals surface area contributed by atoms with Crippen molar-refractivity contribution in [2.45, 2.75) is 19.9 Å². The normalized spacial score (nSPS) is 11.7. The smallest absolute Gasteiger partial charge is 0.293 e. The van der Waals surface area contributed by atoms with Crippen LogP contribution in [0.5, 0.6) is 11.5 Å². The van der Waals surface area contributed by atoms with Crippen molar-refractivity contribution in [1.82, 2.24) is 4.57 Å². The molecule has 0 aliphatic heterocycles. The summed E-state index contributed by atoms with van der Waals surface area (Å²) in [6.07, 6.45) is 1.55. The maximum Gasteiger partial charge on any atom is 0.293 e. The Bertz CT molecular complexity index is 788. The first kappa shape index (κ1) is 17.9. The van der Waals surface area contributed by atoms with Crippen molar-refractivity contribution in [3.05, 3.63) is 51.9 Å². The topological polar surface area (TPSA) is 69.6 Å². The van der Waals surface area contributed by atoms with Crippen LogP contribution in [0.2, 0.25) is 5.02 Å². The van der Waals surface area contributed by atoms with Crippen molar-refractivity contribution in [3.8, 4) is 11.5 Å². The van der Waals surface area contributed by atoms with Crippen molar-refractivity contribution in [3.63, 3.8) is 0 Å². The minimum atomic E-state index is -0.735. The third-order valence-corrected chi connectivity index (χ3v) is 3.69. The number of ether oxygens (including phenoxy) is 2. The molecule has 24 heavy (non-hydrogen) atoms. The molecule has 0 aliphatic rings. The fourth-order valence-corrected chi connectivity index (χ4v) is 2.37. The molecule has 7 heteroatoms. The third-order valence-electron chi connectivity index (χ3n) is 3.46. The summed E-state index contributed by atoms with van der Waals surface area (Å²) in [5.41, 5.74) is 0.0796. The zero-order valence-corrected chi connectivity index (χ0v) is 14.5. The molecule has 0 spiro atoms. The summed E-state index contributed by atoms with van der Waals surface area (Å²) >= 11 is 5.96. The quantitative estimate of drug-likeness (QED) is 0.869. The lowest BCUT2D eigenvalue weighted by molar-refractivity contribution is -0.118. The maximum atomic E-state index is 12.5. The van der Waals surface area contributed by atoms with E-state index in [-0.39, 0.29) is 17.2 Å². The number of carbonyl (C=O) groups excluding carboxylic acids is 1. The number of halogens is 1. The van der Waals surface area contributed by atoms with Crippen molar-refractivity contribution in [2.75, 3.05) is 19.0 Å². The van der Waals surface area contributed by atoms with E-state index in [2.05, 4.69) is 5.32 Å². The van der Waals surface area contributed by atoms with Crippen LogP contribution in [0.1, 0.15) is 19.9 Å². The van der Waals surface area contributed by atoms with Crippen LogP contribution >= 0.6 is 11.6 Å². The molecule has 0 radical (unpaired) electrons. The van der Waals surface area contributed by atoms with Gasteiger partial charge in [-0.3, -0.25) is 9.59 Å². The molecule has 1 N–H and O–H groups in total. The molecule has 128 valence electrons. The second kappa shape index (κ2) is 7.88. The standard InChI is InChI=1S/C17H19ClN2O4/c1-4-24-15-6-5-9-20(17(15)22)11(2)16(21)19-13-10-12(18)7-8-14(13)23-3/h5-11H,4H2,1-3H3,(H,19,21). The van der Waals surface area contributed by atoms with E-state index in [1.54, 1.807) is 50.4 Å². The number of anilines is 1. The monoisotopic (exact) mass is 350 g/mol. The van der Waals surface area contributed by atoms with Gasteiger partial charge in [0.15, 0.2) is 5.75 Å². The number of carbonyl (C=O) groups is 1. The molecular formula is C17H19ClN2O4. The van der Waals surface area contributed by atoms with E-state index in [0.717, 1.165) is 0 Å². The molecule has 1 atom stereocenters. The first-order valence-corrected chi connectivity index (χ1v) is 7.84. The minimum absolute atomic E-state index is 0.208. The molecule has 1 heterocycles. The lowest BCUT2D eigenvalue weighted by atomic mass is 10.2. The molecule has 1 amide bonds. The summed E-state index contributed by atoms with van der Waals surface area (Å²) in [7, 11) is 1.50. The molecule has 0 fully saturated rings. The Labute approximate surface area is 145 Å². The SMILES string of the molecule is CCOc1cccn(C(C)C(=O)Nc2cc(Cl)ccc2OC)c1=O. The van der Waals surface area contributed by atoms with Gasteiger partial charge in [0.05, 0.1) is 19.4 Å². The largest absolute Gasteiger partial charge is 0.495 e. The van der Waals surface area contributed by atoms with Crippen LogP contribution < -0.4 is 20.3 Å². The number of aromatic nitrogens is 1. The van der Waals surface area contributed by atoms with E-state index in [1.165, 1.54) is 11.7 Å². The first-order valence-electron chi connectivity index (χ1n) is 7.46. The maximum absolute atomic E-state index is 12.5. The van der Waals surface area contributed by atoms with Gasteiger partial charge < -0.3 is 19.4 Å². The summed E-state index contributed by atoms with van der Waals surface area (Å²) in [6.45, 7) is 3.79. The zero-order chi connectivity index (χ0) is 17.7. The predicted molar refractivity (Wildman–Crippen MR) is 93.2 cm³/mol. The summed E-state index contributed by atoms with van der Waals surface area (Å²) in [6, 6.07) is 7.41. The minimum Gasteiger partial charge on any atom is -0.495 e. The van der Waals surface area contributed by atoms with Gasteiger partial charge in [0.2, 0.25) is 5.91 Å². The van der Waals surface area contributed by atoms with Crippen LogP contribution in [0, 0.1) is 0 Å². The Kier molecular flexibility index (Phi) is 5.87. The highest BCUT2D eigenvalue weighted by atomic mass is 35.5. The second-order valence-corrected chi connectivity index (χ2v) is 5.46. The predicted octanol–water partition coefficient (Wildman–Crippen LogP) is 3.11. The van der Waals surface area contributed by atoms with E-state index >= 15 is 0 Å². The lowest BCUT2D eigenvalue weighted by Crippen LogP contribution is -2.31. The molecule has 2 rings (SSSR count). The van der Waals surface area contributed by atoms with Crippen molar-refractivity contribution >= 4 is 23.2 Å². The van der Waals surface area contributed by atoms with Crippen LogP contribution in [0.4, 0.5) is 5.69 Å². The molecule has 1 aromatic heterocycles. The average Bonchev–Trinajstić information content (AvgIpc) is 2.56. The van der Waals surface area contributed by atoms with Crippen molar-refractivity contribution < 1.29 is 14.3 Å².